The molecule has 0 saturated heterocycles. The fourth-order valence-electron chi connectivity index (χ4n) is 2.33. The van der Waals surface area contributed by atoms with Crippen LogP contribution in [0.3, 0.4) is 0 Å². The molecule has 114 valence electrons. The SMILES string of the molecule is COCCNCC(=O)NCC1(C)CCCCC1O.Cl. The zero-order valence-electron chi connectivity index (χ0n) is 11.9. The van der Waals surface area contributed by atoms with E-state index in [2.05, 4.69) is 17.6 Å². The van der Waals surface area contributed by atoms with E-state index in [1.807, 2.05) is 0 Å². The van der Waals surface area contributed by atoms with Gasteiger partial charge in [-0.05, 0) is 12.8 Å². The second-order valence-electron chi connectivity index (χ2n) is 5.36. The van der Waals surface area contributed by atoms with Crippen molar-refractivity contribution >= 4 is 18.3 Å². The van der Waals surface area contributed by atoms with Crippen LogP contribution in [0.4, 0.5) is 0 Å². The largest absolute Gasteiger partial charge is 0.392 e. The highest BCUT2D eigenvalue weighted by Gasteiger charge is 2.35. The highest BCUT2D eigenvalue weighted by molar-refractivity contribution is 5.85. The normalized spacial score (nSPS) is 26.6. The van der Waals surface area contributed by atoms with E-state index in [0.717, 1.165) is 25.7 Å². The second kappa shape index (κ2) is 9.53. The molecule has 1 saturated carbocycles. The van der Waals surface area contributed by atoms with Crippen molar-refractivity contribution in [2.45, 2.75) is 38.7 Å². The average molecular weight is 295 g/mol. The maximum absolute atomic E-state index is 11.6. The molecule has 0 aromatic carbocycles. The summed E-state index contributed by atoms with van der Waals surface area (Å²) in [6, 6.07) is 0. The molecule has 1 rings (SSSR count). The van der Waals surface area contributed by atoms with Crippen molar-refractivity contribution in [3.8, 4) is 0 Å². The number of amides is 1. The van der Waals surface area contributed by atoms with Gasteiger partial charge in [0, 0.05) is 25.6 Å². The van der Waals surface area contributed by atoms with E-state index >= 15 is 0 Å². The molecule has 0 aliphatic heterocycles. The van der Waals surface area contributed by atoms with E-state index < -0.39 is 0 Å². The summed E-state index contributed by atoms with van der Waals surface area (Å²) in [6.07, 6.45) is 3.75. The zero-order chi connectivity index (χ0) is 13.4. The lowest BCUT2D eigenvalue weighted by molar-refractivity contribution is -0.121. The number of hydrogen-bond donors (Lipinski definition) is 3. The molecule has 5 nitrogen and oxygen atoms in total. The Morgan fingerprint density at radius 1 is 1.47 bits per heavy atom. The molecule has 1 aliphatic rings. The smallest absolute Gasteiger partial charge is 0.233 e. The van der Waals surface area contributed by atoms with Crippen LogP contribution in [0.2, 0.25) is 0 Å². The standard InChI is InChI=1S/C13H26N2O3.ClH/c1-13(6-4-3-5-11(13)16)10-15-12(17)9-14-7-8-18-2;/h11,14,16H,3-10H2,1-2H3,(H,15,17);1H. The topological polar surface area (TPSA) is 70.6 Å². The molecule has 19 heavy (non-hydrogen) atoms. The number of hydrogen-bond acceptors (Lipinski definition) is 4. The Hall–Kier alpha value is -0.360. The molecule has 0 aromatic heterocycles. The lowest BCUT2D eigenvalue weighted by Crippen LogP contribution is -2.47. The summed E-state index contributed by atoms with van der Waals surface area (Å²) in [5.74, 6) is -0.0231. The van der Waals surface area contributed by atoms with Crippen LogP contribution in [-0.2, 0) is 9.53 Å². The summed E-state index contributed by atoms with van der Waals surface area (Å²) >= 11 is 0. The van der Waals surface area contributed by atoms with Gasteiger partial charge in [-0.15, -0.1) is 12.4 Å². The Balaban J connectivity index is 0.00000324. The molecule has 2 atom stereocenters. The summed E-state index contributed by atoms with van der Waals surface area (Å²) in [7, 11) is 1.63. The molecule has 0 heterocycles. The van der Waals surface area contributed by atoms with Gasteiger partial charge in [-0.25, -0.2) is 0 Å². The van der Waals surface area contributed by atoms with Gasteiger partial charge in [0.05, 0.1) is 19.3 Å². The Morgan fingerprint density at radius 3 is 2.84 bits per heavy atom. The Morgan fingerprint density at radius 2 is 2.21 bits per heavy atom. The highest BCUT2D eigenvalue weighted by Crippen LogP contribution is 2.35. The number of methoxy groups -OCH3 is 1. The molecule has 3 N–H and O–H groups in total. The fourth-order valence-corrected chi connectivity index (χ4v) is 2.33. The second-order valence-corrected chi connectivity index (χ2v) is 5.36. The van der Waals surface area contributed by atoms with E-state index in [-0.39, 0.29) is 29.8 Å². The van der Waals surface area contributed by atoms with E-state index in [0.29, 0.717) is 26.2 Å². The van der Waals surface area contributed by atoms with Gasteiger partial charge < -0.3 is 20.5 Å². The monoisotopic (exact) mass is 294 g/mol. The van der Waals surface area contributed by atoms with E-state index in [4.69, 9.17) is 4.74 Å². The van der Waals surface area contributed by atoms with Crippen LogP contribution in [0.5, 0.6) is 0 Å². The quantitative estimate of drug-likeness (QED) is 0.605. The molecule has 6 heteroatoms. The van der Waals surface area contributed by atoms with Crippen LogP contribution in [-0.4, -0.2) is 50.5 Å². The van der Waals surface area contributed by atoms with Gasteiger partial charge in [-0.1, -0.05) is 19.8 Å². The minimum atomic E-state index is -0.298. The summed E-state index contributed by atoms with van der Waals surface area (Å²) in [4.78, 5) is 11.6. The third-order valence-corrected chi connectivity index (χ3v) is 3.74. The summed E-state index contributed by atoms with van der Waals surface area (Å²) in [5, 5.41) is 15.9. The molecule has 1 fully saturated rings. The fraction of sp³-hybridized carbons (Fsp3) is 0.923. The van der Waals surface area contributed by atoms with Gasteiger partial charge in [0.15, 0.2) is 0 Å². The minimum Gasteiger partial charge on any atom is -0.392 e. The maximum atomic E-state index is 11.6. The number of rotatable bonds is 7. The molecule has 0 bridgehead atoms. The van der Waals surface area contributed by atoms with Crippen LogP contribution >= 0.6 is 12.4 Å². The van der Waals surface area contributed by atoms with Crippen molar-refractivity contribution in [3.05, 3.63) is 0 Å². The summed E-state index contributed by atoms with van der Waals surface area (Å²) < 4.78 is 4.88. The molecule has 2 unspecified atom stereocenters. The van der Waals surface area contributed by atoms with Crippen molar-refractivity contribution in [1.82, 2.24) is 10.6 Å². The van der Waals surface area contributed by atoms with Crippen molar-refractivity contribution in [1.29, 1.82) is 0 Å². The number of aliphatic hydroxyl groups is 1. The predicted molar refractivity (Wildman–Crippen MR) is 77.6 cm³/mol. The first-order chi connectivity index (χ1) is 8.58. The third kappa shape index (κ3) is 6.56. The zero-order valence-corrected chi connectivity index (χ0v) is 12.7. The summed E-state index contributed by atoms with van der Waals surface area (Å²) in [6.45, 7) is 4.18. The van der Waals surface area contributed by atoms with Crippen molar-refractivity contribution in [3.63, 3.8) is 0 Å². The average Bonchev–Trinajstić information content (AvgIpc) is 2.36. The Kier molecular flexibility index (Phi) is 9.35. The van der Waals surface area contributed by atoms with Gasteiger partial charge in [-0.3, -0.25) is 4.79 Å². The highest BCUT2D eigenvalue weighted by atomic mass is 35.5. The molecule has 0 spiro atoms. The first kappa shape index (κ1) is 18.6. The van der Waals surface area contributed by atoms with Crippen LogP contribution < -0.4 is 10.6 Å². The number of halogens is 1. The lowest BCUT2D eigenvalue weighted by atomic mass is 9.73. The van der Waals surface area contributed by atoms with Crippen LogP contribution in [0.15, 0.2) is 0 Å². The molecule has 1 amide bonds. The van der Waals surface area contributed by atoms with Gasteiger partial charge >= 0.3 is 0 Å². The lowest BCUT2D eigenvalue weighted by Gasteiger charge is -2.38. The third-order valence-electron chi connectivity index (χ3n) is 3.74. The van der Waals surface area contributed by atoms with Crippen molar-refractivity contribution in [2.75, 3.05) is 33.4 Å². The van der Waals surface area contributed by atoms with Gasteiger partial charge in [-0.2, -0.15) is 0 Å². The van der Waals surface area contributed by atoms with E-state index in [9.17, 15) is 9.90 Å². The number of ether oxygens (including phenoxy) is 1. The van der Waals surface area contributed by atoms with Crippen molar-refractivity contribution in [2.24, 2.45) is 5.41 Å². The van der Waals surface area contributed by atoms with Crippen LogP contribution in [0.25, 0.3) is 0 Å². The van der Waals surface area contributed by atoms with E-state index in [1.54, 1.807) is 7.11 Å². The number of nitrogens with one attached hydrogen (secondary N) is 2. The number of aliphatic hydroxyl groups excluding tert-OH is 1. The first-order valence-electron chi connectivity index (χ1n) is 6.73. The van der Waals surface area contributed by atoms with Gasteiger partial charge in [0.1, 0.15) is 0 Å². The van der Waals surface area contributed by atoms with Crippen LogP contribution in [0, 0.1) is 5.41 Å². The number of carbonyl (C=O) groups excluding carboxylic acids is 1. The Bertz CT molecular complexity index is 266. The molecule has 1 aliphatic carbocycles. The molecular formula is C13H27ClN2O3. The van der Waals surface area contributed by atoms with E-state index in [1.165, 1.54) is 0 Å². The first-order valence-corrected chi connectivity index (χ1v) is 6.73. The van der Waals surface area contributed by atoms with Crippen molar-refractivity contribution < 1.29 is 14.6 Å². The Labute approximate surface area is 121 Å². The van der Waals surface area contributed by atoms with Gasteiger partial charge in [0.2, 0.25) is 5.91 Å². The maximum Gasteiger partial charge on any atom is 0.233 e. The summed E-state index contributed by atoms with van der Waals surface area (Å²) in [5.41, 5.74) is -0.166. The predicted octanol–water partition coefficient (Wildman–Crippen LogP) is 0.702. The number of carbonyl (C=O) groups is 1. The molecule has 0 aromatic rings. The molecule has 0 radical (unpaired) electrons. The van der Waals surface area contributed by atoms with Gasteiger partial charge in [0.25, 0.3) is 0 Å². The van der Waals surface area contributed by atoms with Crippen LogP contribution in [0.1, 0.15) is 32.6 Å². The minimum absolute atomic E-state index is 0. The molecular weight excluding hydrogens is 268 g/mol.